The molecule has 0 aliphatic carbocycles. The van der Waals surface area contributed by atoms with Gasteiger partial charge in [-0.1, -0.05) is 25.6 Å². The first-order valence-electron chi connectivity index (χ1n) is 6.19. The van der Waals surface area contributed by atoms with Crippen molar-refractivity contribution in [3.8, 4) is 0 Å². The highest BCUT2D eigenvalue weighted by atomic mass is 32.2. The predicted octanol–water partition coefficient (Wildman–Crippen LogP) is 2.88. The average Bonchev–Trinajstić information content (AvgIpc) is 2.40. The van der Waals surface area contributed by atoms with Crippen molar-refractivity contribution in [1.29, 1.82) is 0 Å². The van der Waals surface area contributed by atoms with Gasteiger partial charge in [-0.05, 0) is 18.2 Å². The summed E-state index contributed by atoms with van der Waals surface area (Å²) in [7, 11) is 0. The number of carboxylic acids is 1. The van der Waals surface area contributed by atoms with Crippen molar-refractivity contribution in [1.82, 2.24) is 9.97 Å². The van der Waals surface area contributed by atoms with Crippen LogP contribution in [-0.4, -0.2) is 21.0 Å². The zero-order valence-electron chi connectivity index (χ0n) is 11.4. The number of rotatable bonds is 4. The van der Waals surface area contributed by atoms with E-state index in [0.717, 1.165) is 17.8 Å². The normalized spacial score (nSPS) is 10.9. The molecule has 21 heavy (non-hydrogen) atoms. The van der Waals surface area contributed by atoms with Gasteiger partial charge in [0, 0.05) is 12.0 Å². The van der Waals surface area contributed by atoms with Gasteiger partial charge in [-0.15, -0.1) is 0 Å². The minimum atomic E-state index is -1.14. The number of hydrogen-bond acceptors (Lipinski definition) is 4. The summed E-state index contributed by atoms with van der Waals surface area (Å²) in [4.78, 5) is 29.4. The molecule has 0 amide bonds. The van der Waals surface area contributed by atoms with E-state index in [1.54, 1.807) is 0 Å². The summed E-state index contributed by atoms with van der Waals surface area (Å²) < 4.78 is 13.8. The summed E-state index contributed by atoms with van der Waals surface area (Å²) in [5, 5.41) is 9.25. The first kappa shape index (κ1) is 15.2. The molecule has 1 heterocycles. The van der Waals surface area contributed by atoms with E-state index >= 15 is 0 Å². The van der Waals surface area contributed by atoms with Crippen LogP contribution in [0.4, 0.5) is 4.39 Å². The molecule has 7 heteroatoms. The highest BCUT2D eigenvalue weighted by Gasteiger charge is 2.12. The van der Waals surface area contributed by atoms with Gasteiger partial charge in [-0.25, -0.2) is 14.2 Å². The Hall–Kier alpha value is -2.15. The molecule has 110 valence electrons. The minimum absolute atomic E-state index is 0.0205. The van der Waals surface area contributed by atoms with Gasteiger partial charge in [0.2, 0.25) is 0 Å². The third-order valence-electron chi connectivity index (χ3n) is 2.68. The summed E-state index contributed by atoms with van der Waals surface area (Å²) in [6, 6.07) is 4.75. The molecule has 0 unspecified atom stereocenters. The Morgan fingerprint density at radius 3 is 2.71 bits per heavy atom. The van der Waals surface area contributed by atoms with Crippen LogP contribution in [0.15, 0.2) is 39.0 Å². The highest BCUT2D eigenvalue weighted by Crippen LogP contribution is 2.29. The molecule has 2 rings (SSSR count). The maximum Gasteiger partial charge on any atom is 0.335 e. The smallest absolute Gasteiger partial charge is 0.335 e. The number of aromatic nitrogens is 2. The number of nitrogens with zero attached hydrogens (tertiary/aromatic N) is 1. The number of halogens is 1. The molecule has 1 aromatic carbocycles. The Bertz CT molecular complexity index is 743. The van der Waals surface area contributed by atoms with Gasteiger partial charge >= 0.3 is 5.97 Å². The Morgan fingerprint density at radius 1 is 1.38 bits per heavy atom. The summed E-state index contributed by atoms with van der Waals surface area (Å²) >= 11 is 0.922. The van der Waals surface area contributed by atoms with Crippen LogP contribution in [0.3, 0.4) is 0 Å². The van der Waals surface area contributed by atoms with Gasteiger partial charge < -0.3 is 10.1 Å². The molecule has 1 aromatic heterocycles. The van der Waals surface area contributed by atoms with Crippen LogP contribution < -0.4 is 5.56 Å². The van der Waals surface area contributed by atoms with Gasteiger partial charge in [0.05, 0.1) is 10.5 Å². The van der Waals surface area contributed by atoms with Crippen LogP contribution in [0.1, 0.15) is 35.9 Å². The lowest BCUT2D eigenvalue weighted by molar-refractivity contribution is 0.0696. The molecule has 0 saturated carbocycles. The monoisotopic (exact) mass is 308 g/mol. The fourth-order valence-corrected chi connectivity index (χ4v) is 2.49. The molecule has 0 spiro atoms. The average molecular weight is 308 g/mol. The van der Waals surface area contributed by atoms with Crippen molar-refractivity contribution in [2.45, 2.75) is 29.7 Å². The third-order valence-corrected chi connectivity index (χ3v) is 3.63. The van der Waals surface area contributed by atoms with E-state index in [1.165, 1.54) is 18.2 Å². The predicted molar refractivity (Wildman–Crippen MR) is 76.4 cm³/mol. The Morgan fingerprint density at radius 2 is 2.10 bits per heavy atom. The van der Waals surface area contributed by atoms with E-state index in [2.05, 4.69) is 9.97 Å². The molecule has 0 aliphatic heterocycles. The van der Waals surface area contributed by atoms with E-state index in [-0.39, 0.29) is 21.9 Å². The maximum atomic E-state index is 13.8. The second-order valence-electron chi connectivity index (χ2n) is 4.68. The number of hydrogen-bond donors (Lipinski definition) is 2. The zero-order chi connectivity index (χ0) is 15.6. The highest BCUT2D eigenvalue weighted by molar-refractivity contribution is 7.99. The molecule has 0 saturated heterocycles. The van der Waals surface area contributed by atoms with Crippen molar-refractivity contribution in [2.75, 3.05) is 0 Å². The van der Waals surface area contributed by atoms with Crippen LogP contribution >= 0.6 is 11.8 Å². The van der Waals surface area contributed by atoms with Crippen molar-refractivity contribution < 1.29 is 14.3 Å². The SMILES string of the molecule is CC(C)c1nc(Sc2cc(C(=O)O)ccc2F)cc(=O)[nH]1. The summed E-state index contributed by atoms with van der Waals surface area (Å²) in [5.74, 6) is -1.18. The van der Waals surface area contributed by atoms with E-state index in [0.29, 0.717) is 10.9 Å². The Kier molecular flexibility index (Phi) is 4.42. The summed E-state index contributed by atoms with van der Waals surface area (Å²) in [6.45, 7) is 3.75. The number of benzene rings is 1. The van der Waals surface area contributed by atoms with E-state index in [9.17, 15) is 14.0 Å². The lowest BCUT2D eigenvalue weighted by Crippen LogP contribution is -2.11. The number of nitrogens with one attached hydrogen (secondary N) is 1. The van der Waals surface area contributed by atoms with Crippen molar-refractivity contribution in [3.63, 3.8) is 0 Å². The van der Waals surface area contributed by atoms with Gasteiger partial charge in [0.25, 0.3) is 5.56 Å². The van der Waals surface area contributed by atoms with Gasteiger partial charge in [-0.2, -0.15) is 0 Å². The van der Waals surface area contributed by atoms with Crippen LogP contribution in [-0.2, 0) is 0 Å². The molecule has 0 bridgehead atoms. The molecule has 2 N–H and O–H groups in total. The van der Waals surface area contributed by atoms with E-state index in [1.807, 2.05) is 13.8 Å². The second-order valence-corrected chi connectivity index (χ2v) is 5.74. The van der Waals surface area contributed by atoms with Gasteiger partial charge in [-0.3, -0.25) is 4.79 Å². The van der Waals surface area contributed by atoms with E-state index in [4.69, 9.17) is 5.11 Å². The van der Waals surface area contributed by atoms with Crippen LogP contribution in [0.2, 0.25) is 0 Å². The maximum absolute atomic E-state index is 13.8. The zero-order valence-corrected chi connectivity index (χ0v) is 12.2. The standard InChI is InChI=1S/C14H13FN2O3S/c1-7(2)13-16-11(18)6-12(17-13)21-10-5-8(14(19)20)3-4-9(10)15/h3-7H,1-2H3,(H,19,20)(H,16,17,18). The molecule has 5 nitrogen and oxygen atoms in total. The number of H-pyrrole nitrogens is 1. The van der Waals surface area contributed by atoms with E-state index < -0.39 is 11.8 Å². The van der Waals surface area contributed by atoms with Crippen molar-refractivity contribution >= 4 is 17.7 Å². The van der Waals surface area contributed by atoms with Gasteiger partial charge in [0.15, 0.2) is 0 Å². The summed E-state index contributed by atoms with van der Waals surface area (Å²) in [6.07, 6.45) is 0. The molecule has 2 aromatic rings. The van der Waals surface area contributed by atoms with Gasteiger partial charge in [0.1, 0.15) is 16.7 Å². The fourth-order valence-electron chi connectivity index (χ4n) is 1.61. The number of aromatic carboxylic acids is 1. The molecular weight excluding hydrogens is 295 g/mol. The van der Waals surface area contributed by atoms with Crippen LogP contribution in [0, 0.1) is 5.82 Å². The van der Waals surface area contributed by atoms with Crippen LogP contribution in [0.5, 0.6) is 0 Å². The van der Waals surface area contributed by atoms with Crippen LogP contribution in [0.25, 0.3) is 0 Å². The number of carbonyl (C=O) groups is 1. The largest absolute Gasteiger partial charge is 0.478 e. The quantitative estimate of drug-likeness (QED) is 0.849. The first-order valence-corrected chi connectivity index (χ1v) is 7.00. The lowest BCUT2D eigenvalue weighted by Gasteiger charge is -2.07. The fraction of sp³-hybridized carbons (Fsp3) is 0.214. The third kappa shape index (κ3) is 3.69. The molecule has 0 atom stereocenters. The topological polar surface area (TPSA) is 83.0 Å². The lowest BCUT2D eigenvalue weighted by atomic mass is 10.2. The number of aromatic amines is 1. The molecule has 0 aliphatic rings. The first-order chi connectivity index (χ1) is 9.86. The second kappa shape index (κ2) is 6.09. The minimum Gasteiger partial charge on any atom is -0.478 e. The van der Waals surface area contributed by atoms with Crippen molar-refractivity contribution in [2.24, 2.45) is 0 Å². The Labute approximate surface area is 124 Å². The molecule has 0 radical (unpaired) electrons. The summed E-state index contributed by atoms with van der Waals surface area (Å²) in [5.41, 5.74) is -0.348. The van der Waals surface area contributed by atoms with Crippen molar-refractivity contribution in [3.05, 3.63) is 51.8 Å². The Balaban J connectivity index is 2.40. The molecular formula is C14H13FN2O3S. The molecule has 0 fully saturated rings. The number of carboxylic acid groups (broad SMARTS) is 1.